The SMILES string of the molecule is CCn1cc(-c2cc(C(=O)N[C@@H](c3ccccc3)c3cccc(OC)c3)on2)c(C)n1. The van der Waals surface area contributed by atoms with Crippen LogP contribution in [0.2, 0.25) is 0 Å². The monoisotopic (exact) mass is 416 g/mol. The van der Waals surface area contributed by atoms with Gasteiger partial charge in [-0.3, -0.25) is 9.48 Å². The number of hydrogen-bond acceptors (Lipinski definition) is 5. The second-order valence-electron chi connectivity index (χ2n) is 7.15. The van der Waals surface area contributed by atoms with Gasteiger partial charge in [0.2, 0.25) is 5.76 Å². The van der Waals surface area contributed by atoms with E-state index in [2.05, 4.69) is 15.6 Å². The quantitative estimate of drug-likeness (QED) is 0.483. The van der Waals surface area contributed by atoms with Gasteiger partial charge < -0.3 is 14.6 Å². The van der Waals surface area contributed by atoms with Gasteiger partial charge in [-0.15, -0.1) is 0 Å². The molecule has 1 amide bonds. The summed E-state index contributed by atoms with van der Waals surface area (Å²) in [7, 11) is 1.62. The molecule has 4 aromatic rings. The molecule has 2 aromatic heterocycles. The number of rotatable bonds is 7. The molecular weight excluding hydrogens is 392 g/mol. The second kappa shape index (κ2) is 8.87. The van der Waals surface area contributed by atoms with Crippen molar-refractivity contribution in [2.24, 2.45) is 0 Å². The highest BCUT2D eigenvalue weighted by Crippen LogP contribution is 2.27. The van der Waals surface area contributed by atoms with Crippen LogP contribution in [0.15, 0.2) is 71.4 Å². The zero-order valence-electron chi connectivity index (χ0n) is 17.7. The van der Waals surface area contributed by atoms with E-state index in [4.69, 9.17) is 9.26 Å². The van der Waals surface area contributed by atoms with E-state index in [1.54, 1.807) is 13.2 Å². The molecule has 4 rings (SSSR count). The highest BCUT2D eigenvalue weighted by atomic mass is 16.5. The Morgan fingerprint density at radius 3 is 2.61 bits per heavy atom. The molecule has 7 nitrogen and oxygen atoms in total. The van der Waals surface area contributed by atoms with Crippen LogP contribution >= 0.6 is 0 Å². The van der Waals surface area contributed by atoms with Crippen LogP contribution in [0.25, 0.3) is 11.3 Å². The first-order valence-corrected chi connectivity index (χ1v) is 10.1. The number of aromatic nitrogens is 3. The van der Waals surface area contributed by atoms with E-state index in [1.807, 2.05) is 79.3 Å². The summed E-state index contributed by atoms with van der Waals surface area (Å²) in [6, 6.07) is 18.7. The lowest BCUT2D eigenvalue weighted by atomic mass is 9.98. The summed E-state index contributed by atoms with van der Waals surface area (Å²) >= 11 is 0. The fourth-order valence-corrected chi connectivity index (χ4v) is 3.47. The summed E-state index contributed by atoms with van der Waals surface area (Å²) in [5.74, 6) is 0.511. The van der Waals surface area contributed by atoms with E-state index in [0.717, 1.165) is 34.7 Å². The molecule has 0 unspecified atom stereocenters. The van der Waals surface area contributed by atoms with Crippen LogP contribution in [0.3, 0.4) is 0 Å². The average Bonchev–Trinajstić information content (AvgIpc) is 3.44. The minimum atomic E-state index is -0.373. The van der Waals surface area contributed by atoms with Gasteiger partial charge in [-0.2, -0.15) is 5.10 Å². The predicted octanol–water partition coefficient (Wildman–Crippen LogP) is 4.39. The molecule has 2 aromatic carbocycles. The number of hydrogen-bond donors (Lipinski definition) is 1. The van der Waals surface area contributed by atoms with E-state index < -0.39 is 0 Å². The fraction of sp³-hybridized carbons (Fsp3) is 0.208. The van der Waals surface area contributed by atoms with E-state index in [-0.39, 0.29) is 17.7 Å². The molecule has 7 heteroatoms. The van der Waals surface area contributed by atoms with Crippen molar-refractivity contribution < 1.29 is 14.1 Å². The summed E-state index contributed by atoms with van der Waals surface area (Å²) in [5.41, 5.74) is 4.11. The molecule has 0 saturated heterocycles. The number of nitrogens with zero attached hydrogens (tertiary/aromatic N) is 3. The topological polar surface area (TPSA) is 82.2 Å². The first-order valence-electron chi connectivity index (χ1n) is 10.1. The molecule has 0 fully saturated rings. The molecule has 1 N–H and O–H groups in total. The van der Waals surface area contributed by atoms with Gasteiger partial charge in [-0.1, -0.05) is 47.6 Å². The van der Waals surface area contributed by atoms with Gasteiger partial charge in [-0.05, 0) is 37.1 Å². The molecule has 0 bridgehead atoms. The molecule has 0 radical (unpaired) electrons. The molecule has 0 aliphatic carbocycles. The van der Waals surface area contributed by atoms with E-state index in [0.29, 0.717) is 5.69 Å². The summed E-state index contributed by atoms with van der Waals surface area (Å²) in [5, 5.41) is 11.6. The first-order chi connectivity index (χ1) is 15.1. The maximum absolute atomic E-state index is 13.1. The maximum Gasteiger partial charge on any atom is 0.290 e. The lowest BCUT2D eigenvalue weighted by Gasteiger charge is -2.19. The summed E-state index contributed by atoms with van der Waals surface area (Å²) in [4.78, 5) is 13.1. The number of carbonyl (C=O) groups excluding carboxylic acids is 1. The van der Waals surface area contributed by atoms with Crippen molar-refractivity contribution in [3.05, 3.63) is 89.4 Å². The normalized spacial score (nSPS) is 11.8. The van der Waals surface area contributed by atoms with Crippen molar-refractivity contribution in [3.8, 4) is 17.0 Å². The predicted molar refractivity (Wildman–Crippen MR) is 117 cm³/mol. The molecule has 1 atom stereocenters. The first kappa shape index (κ1) is 20.4. The van der Waals surface area contributed by atoms with Crippen LogP contribution in [-0.4, -0.2) is 28.0 Å². The number of aryl methyl sites for hydroxylation is 2. The third-order valence-electron chi connectivity index (χ3n) is 5.12. The summed E-state index contributed by atoms with van der Waals surface area (Å²) in [6.45, 7) is 4.68. The Balaban J connectivity index is 1.62. The fourth-order valence-electron chi connectivity index (χ4n) is 3.47. The minimum Gasteiger partial charge on any atom is -0.497 e. The smallest absolute Gasteiger partial charge is 0.290 e. The van der Waals surface area contributed by atoms with Crippen molar-refractivity contribution in [2.45, 2.75) is 26.4 Å². The Bertz CT molecular complexity index is 1180. The zero-order chi connectivity index (χ0) is 21.8. The van der Waals surface area contributed by atoms with Gasteiger partial charge in [0.05, 0.1) is 18.8 Å². The van der Waals surface area contributed by atoms with Crippen LogP contribution in [0.1, 0.15) is 40.3 Å². The van der Waals surface area contributed by atoms with Crippen LogP contribution < -0.4 is 10.1 Å². The number of amides is 1. The Morgan fingerprint density at radius 1 is 1.13 bits per heavy atom. The lowest BCUT2D eigenvalue weighted by molar-refractivity contribution is 0.0906. The van der Waals surface area contributed by atoms with Crippen molar-refractivity contribution in [2.75, 3.05) is 7.11 Å². The van der Waals surface area contributed by atoms with E-state index >= 15 is 0 Å². The van der Waals surface area contributed by atoms with Crippen LogP contribution in [0.5, 0.6) is 5.75 Å². The number of ether oxygens (including phenoxy) is 1. The lowest BCUT2D eigenvalue weighted by Crippen LogP contribution is -2.29. The highest BCUT2D eigenvalue weighted by molar-refractivity contribution is 5.93. The number of benzene rings is 2. The molecule has 2 heterocycles. The highest BCUT2D eigenvalue weighted by Gasteiger charge is 2.22. The van der Waals surface area contributed by atoms with Crippen molar-refractivity contribution in [1.29, 1.82) is 0 Å². The number of nitrogens with one attached hydrogen (secondary N) is 1. The molecule has 0 spiro atoms. The molecule has 0 aliphatic rings. The van der Waals surface area contributed by atoms with Gasteiger partial charge in [0.15, 0.2) is 0 Å². The van der Waals surface area contributed by atoms with Crippen LogP contribution in [-0.2, 0) is 6.54 Å². The third kappa shape index (κ3) is 4.35. The van der Waals surface area contributed by atoms with Crippen molar-refractivity contribution in [1.82, 2.24) is 20.3 Å². The molecule has 0 saturated carbocycles. The molecule has 31 heavy (non-hydrogen) atoms. The Labute approximate surface area is 180 Å². The van der Waals surface area contributed by atoms with Crippen LogP contribution in [0.4, 0.5) is 0 Å². The third-order valence-corrected chi connectivity index (χ3v) is 5.12. The maximum atomic E-state index is 13.1. The van der Waals surface area contributed by atoms with Gasteiger partial charge in [0.1, 0.15) is 11.4 Å². The van der Waals surface area contributed by atoms with Crippen molar-refractivity contribution in [3.63, 3.8) is 0 Å². The minimum absolute atomic E-state index is 0.141. The molecule has 158 valence electrons. The van der Waals surface area contributed by atoms with E-state index in [9.17, 15) is 4.79 Å². The Kier molecular flexibility index (Phi) is 5.84. The average molecular weight is 416 g/mol. The second-order valence-corrected chi connectivity index (χ2v) is 7.15. The Hall–Kier alpha value is -3.87. The van der Waals surface area contributed by atoms with Gasteiger partial charge in [0.25, 0.3) is 5.91 Å². The molecule has 0 aliphatic heterocycles. The number of methoxy groups -OCH3 is 1. The van der Waals surface area contributed by atoms with Gasteiger partial charge in [-0.25, -0.2) is 0 Å². The summed E-state index contributed by atoms with van der Waals surface area (Å²) in [6.07, 6.45) is 1.90. The summed E-state index contributed by atoms with van der Waals surface area (Å²) < 4.78 is 12.6. The zero-order valence-corrected chi connectivity index (χ0v) is 17.7. The van der Waals surface area contributed by atoms with Gasteiger partial charge in [0, 0.05) is 24.4 Å². The van der Waals surface area contributed by atoms with Crippen LogP contribution in [0, 0.1) is 6.92 Å². The molecular formula is C24H24N4O3. The van der Waals surface area contributed by atoms with Gasteiger partial charge >= 0.3 is 0 Å². The Morgan fingerprint density at radius 2 is 1.90 bits per heavy atom. The van der Waals surface area contributed by atoms with E-state index in [1.165, 1.54) is 0 Å². The number of carbonyl (C=O) groups is 1. The van der Waals surface area contributed by atoms with Crippen molar-refractivity contribution >= 4 is 5.91 Å². The largest absolute Gasteiger partial charge is 0.497 e. The standard InChI is InChI=1S/C24H24N4O3/c1-4-28-15-20(16(2)26-28)21-14-22(31-27-21)24(29)25-23(17-9-6-5-7-10-17)18-11-8-12-19(13-18)30-3/h5-15,23H,4H2,1-3H3,(H,25,29)/t23-/m0/s1.